The molecule has 18 heavy (non-hydrogen) atoms. The summed E-state index contributed by atoms with van der Waals surface area (Å²) in [4.78, 5) is 9.08. The lowest BCUT2D eigenvalue weighted by molar-refractivity contribution is 1.49. The summed E-state index contributed by atoms with van der Waals surface area (Å²) in [6.07, 6.45) is 8.16. The lowest BCUT2D eigenvalue weighted by Gasteiger charge is -2.01. The van der Waals surface area contributed by atoms with E-state index in [-0.39, 0.29) is 0 Å². The third-order valence-electron chi connectivity index (χ3n) is 1.99. The molecule has 0 amide bonds. The second kappa shape index (κ2) is 8.96. The summed E-state index contributed by atoms with van der Waals surface area (Å²) in [6, 6.07) is 8.01. The van der Waals surface area contributed by atoms with Gasteiger partial charge in [0.2, 0.25) is 0 Å². The maximum absolute atomic E-state index is 4.54. The van der Waals surface area contributed by atoms with E-state index in [1.54, 1.807) is 47.0 Å². The van der Waals surface area contributed by atoms with Gasteiger partial charge in [0, 0.05) is 0 Å². The van der Waals surface area contributed by atoms with Crippen molar-refractivity contribution in [1.82, 2.24) is 0 Å². The zero-order chi connectivity index (χ0) is 13.4. The van der Waals surface area contributed by atoms with Crippen molar-refractivity contribution in [2.45, 2.75) is 0 Å². The molecule has 0 saturated carbocycles. The Morgan fingerprint density at radius 2 is 0.944 bits per heavy atom. The van der Waals surface area contributed by atoms with Crippen molar-refractivity contribution < 1.29 is 0 Å². The van der Waals surface area contributed by atoms with Crippen LogP contribution in [0.15, 0.2) is 34.3 Å². The molecule has 98 valence electrons. The molecule has 1 aromatic rings. The summed E-state index contributed by atoms with van der Waals surface area (Å²) >= 11 is 6.66. The van der Waals surface area contributed by atoms with Gasteiger partial charge < -0.3 is 0 Å². The Hall–Kier alpha value is -0.0400. The highest BCUT2D eigenvalue weighted by Crippen LogP contribution is 2.24. The van der Waals surface area contributed by atoms with Crippen molar-refractivity contribution in [3.63, 3.8) is 0 Å². The van der Waals surface area contributed by atoms with Crippen LogP contribution in [0.3, 0.4) is 0 Å². The van der Waals surface area contributed by atoms with Crippen LogP contribution in [0.25, 0.3) is 0 Å². The van der Waals surface area contributed by atoms with E-state index >= 15 is 0 Å². The van der Waals surface area contributed by atoms with Crippen molar-refractivity contribution in [1.29, 1.82) is 0 Å². The van der Waals surface area contributed by atoms with E-state index < -0.39 is 0 Å². The lowest BCUT2D eigenvalue weighted by Crippen LogP contribution is -1.81. The van der Waals surface area contributed by atoms with Crippen molar-refractivity contribution in [2.75, 3.05) is 25.0 Å². The number of thioether (sulfide) groups is 4. The largest absolute Gasteiger partial charge is 0.235 e. The van der Waals surface area contributed by atoms with Crippen LogP contribution in [0.5, 0.6) is 0 Å². The maximum atomic E-state index is 4.54. The van der Waals surface area contributed by atoms with Crippen LogP contribution < -0.4 is 0 Å². The third-order valence-corrected chi connectivity index (χ3v) is 5.75. The highest BCUT2D eigenvalue weighted by molar-refractivity contribution is 8.38. The van der Waals surface area contributed by atoms with Crippen molar-refractivity contribution in [2.24, 2.45) is 9.98 Å². The van der Waals surface area contributed by atoms with Crippen LogP contribution in [0.2, 0.25) is 0 Å². The normalized spacial score (nSPS) is 10.0. The first-order valence-electron chi connectivity index (χ1n) is 5.17. The first-order chi connectivity index (χ1) is 8.73. The molecule has 0 aliphatic rings. The summed E-state index contributed by atoms with van der Waals surface area (Å²) in [5, 5.41) is 0. The Bertz CT molecular complexity index is 373. The van der Waals surface area contributed by atoms with Gasteiger partial charge in [-0.3, -0.25) is 0 Å². The average molecular weight is 317 g/mol. The molecule has 0 N–H and O–H groups in total. The first kappa shape index (κ1) is 16.0. The molecule has 6 heteroatoms. The number of rotatable bonds is 2. The zero-order valence-electron chi connectivity index (χ0n) is 10.8. The first-order valence-corrected chi connectivity index (χ1v) is 10.1. The molecular weight excluding hydrogens is 300 g/mol. The summed E-state index contributed by atoms with van der Waals surface area (Å²) in [5.41, 5.74) is 1.95. The molecule has 0 aliphatic carbocycles. The van der Waals surface area contributed by atoms with Gasteiger partial charge in [-0.05, 0) is 49.3 Å². The number of aliphatic imine (C=N–C) groups is 2. The average Bonchev–Trinajstić information content (AvgIpc) is 2.43. The Balaban J connectivity index is 2.86. The van der Waals surface area contributed by atoms with E-state index in [4.69, 9.17) is 0 Å². The second-order valence-corrected chi connectivity index (χ2v) is 6.78. The Morgan fingerprint density at radius 1 is 0.667 bits per heavy atom. The van der Waals surface area contributed by atoms with Gasteiger partial charge in [-0.15, -0.1) is 47.0 Å². The predicted octanol–water partition coefficient (Wildman–Crippen LogP) is 5.11. The van der Waals surface area contributed by atoms with Crippen LogP contribution in [0.1, 0.15) is 0 Å². The minimum atomic E-state index is 0.975. The molecule has 0 aromatic heterocycles. The molecule has 0 heterocycles. The SMILES string of the molecule is CSC(=Nc1ccc(N=C(SC)SC)cc1)SC. The summed E-state index contributed by atoms with van der Waals surface area (Å²) < 4.78 is 2.14. The molecule has 0 spiro atoms. The van der Waals surface area contributed by atoms with Crippen molar-refractivity contribution in [3.05, 3.63) is 24.3 Å². The van der Waals surface area contributed by atoms with E-state index in [2.05, 4.69) is 9.98 Å². The number of hydrogen-bond donors (Lipinski definition) is 0. The lowest BCUT2D eigenvalue weighted by atomic mass is 10.3. The standard InChI is InChI=1S/C12H16N2S4/c1-15-11(16-2)13-9-5-7-10(8-6-9)14-12(17-3)18-4/h5-8H,1-4H3. The van der Waals surface area contributed by atoms with Gasteiger partial charge >= 0.3 is 0 Å². The monoisotopic (exact) mass is 316 g/mol. The van der Waals surface area contributed by atoms with Crippen LogP contribution in [-0.4, -0.2) is 33.8 Å². The highest BCUT2D eigenvalue weighted by atomic mass is 32.2. The molecule has 0 saturated heterocycles. The molecule has 1 aromatic carbocycles. The van der Waals surface area contributed by atoms with Crippen LogP contribution in [0, 0.1) is 0 Å². The summed E-state index contributed by atoms with van der Waals surface area (Å²) in [5.74, 6) is 0. The van der Waals surface area contributed by atoms with Crippen molar-refractivity contribution >= 4 is 67.2 Å². The fourth-order valence-corrected chi connectivity index (χ4v) is 3.28. The molecule has 0 unspecified atom stereocenters. The quantitative estimate of drug-likeness (QED) is 0.559. The third kappa shape index (κ3) is 5.30. The molecule has 2 nitrogen and oxygen atoms in total. The Morgan fingerprint density at radius 3 is 1.17 bits per heavy atom. The smallest absolute Gasteiger partial charge is 0.130 e. The predicted molar refractivity (Wildman–Crippen MR) is 94.7 cm³/mol. The number of benzene rings is 1. The molecule has 0 bridgehead atoms. The topological polar surface area (TPSA) is 24.7 Å². The number of hydrogen-bond acceptors (Lipinski definition) is 6. The molecule has 0 aliphatic heterocycles. The molecular formula is C12H16N2S4. The van der Waals surface area contributed by atoms with E-state index in [0.29, 0.717) is 0 Å². The van der Waals surface area contributed by atoms with Crippen LogP contribution >= 0.6 is 47.0 Å². The molecule has 0 fully saturated rings. The summed E-state index contributed by atoms with van der Waals surface area (Å²) in [7, 11) is 0. The van der Waals surface area contributed by atoms with Crippen LogP contribution in [0.4, 0.5) is 11.4 Å². The van der Waals surface area contributed by atoms with Gasteiger partial charge in [0.1, 0.15) is 8.75 Å². The van der Waals surface area contributed by atoms with Gasteiger partial charge in [0.05, 0.1) is 11.4 Å². The van der Waals surface area contributed by atoms with E-state index in [1.807, 2.05) is 49.3 Å². The maximum Gasteiger partial charge on any atom is 0.130 e. The van der Waals surface area contributed by atoms with Gasteiger partial charge in [-0.1, -0.05) is 0 Å². The second-order valence-electron chi connectivity index (χ2n) is 3.09. The zero-order valence-corrected chi connectivity index (χ0v) is 14.1. The fourth-order valence-electron chi connectivity index (χ4n) is 1.16. The number of nitrogens with zero attached hydrogens (tertiary/aromatic N) is 2. The highest BCUT2D eigenvalue weighted by Gasteiger charge is 1.98. The van der Waals surface area contributed by atoms with Gasteiger partial charge in [-0.25, -0.2) is 9.98 Å². The van der Waals surface area contributed by atoms with Crippen LogP contribution in [-0.2, 0) is 0 Å². The van der Waals surface area contributed by atoms with Gasteiger partial charge in [-0.2, -0.15) is 0 Å². The van der Waals surface area contributed by atoms with E-state index in [9.17, 15) is 0 Å². The minimum Gasteiger partial charge on any atom is -0.235 e. The fraction of sp³-hybridized carbons (Fsp3) is 0.333. The van der Waals surface area contributed by atoms with E-state index in [0.717, 1.165) is 20.1 Å². The molecule has 0 radical (unpaired) electrons. The minimum absolute atomic E-state index is 0.975. The van der Waals surface area contributed by atoms with Crippen molar-refractivity contribution in [3.8, 4) is 0 Å². The molecule has 1 rings (SSSR count). The van der Waals surface area contributed by atoms with E-state index in [1.165, 1.54) is 0 Å². The summed E-state index contributed by atoms with van der Waals surface area (Å²) in [6.45, 7) is 0. The van der Waals surface area contributed by atoms with Gasteiger partial charge in [0.15, 0.2) is 0 Å². The van der Waals surface area contributed by atoms with Gasteiger partial charge in [0.25, 0.3) is 0 Å². The Labute approximate surface area is 126 Å². The Kier molecular flexibility index (Phi) is 7.97. The molecule has 0 atom stereocenters.